The third kappa shape index (κ3) is 3.40. The van der Waals surface area contributed by atoms with Crippen LogP contribution in [0.1, 0.15) is 38.8 Å². The first-order chi connectivity index (χ1) is 8.11. The van der Waals surface area contributed by atoms with E-state index in [4.69, 9.17) is 4.74 Å². The molecule has 0 spiro atoms. The van der Waals surface area contributed by atoms with E-state index in [0.717, 1.165) is 38.1 Å². The van der Waals surface area contributed by atoms with Gasteiger partial charge in [-0.1, -0.05) is 18.3 Å². The molecule has 1 fully saturated rings. The summed E-state index contributed by atoms with van der Waals surface area (Å²) in [5.74, 6) is 0. The van der Waals surface area contributed by atoms with Gasteiger partial charge >= 0.3 is 4.87 Å². The number of nitrogens with one attached hydrogen (secondary N) is 2. The van der Waals surface area contributed by atoms with Crippen molar-refractivity contribution in [1.82, 2.24) is 10.3 Å². The van der Waals surface area contributed by atoms with E-state index in [1.807, 2.05) is 5.38 Å². The van der Waals surface area contributed by atoms with Crippen molar-refractivity contribution >= 4 is 11.3 Å². The molecule has 1 aliphatic heterocycles. The average Bonchev–Trinajstić information content (AvgIpc) is 2.73. The van der Waals surface area contributed by atoms with Gasteiger partial charge in [-0.15, -0.1) is 0 Å². The summed E-state index contributed by atoms with van der Waals surface area (Å²) >= 11 is 1.22. The maximum absolute atomic E-state index is 11.0. The van der Waals surface area contributed by atoms with Gasteiger partial charge in [0.25, 0.3) is 0 Å². The Balaban J connectivity index is 1.85. The molecular formula is C12H20N2O2S. The molecule has 1 aromatic rings. The minimum absolute atomic E-state index is 0.0119. The van der Waals surface area contributed by atoms with E-state index in [2.05, 4.69) is 24.1 Å². The van der Waals surface area contributed by atoms with Crippen LogP contribution in [0.3, 0.4) is 0 Å². The molecule has 5 heteroatoms. The summed E-state index contributed by atoms with van der Waals surface area (Å²) in [4.78, 5) is 13.8. The van der Waals surface area contributed by atoms with Gasteiger partial charge in [0.1, 0.15) is 0 Å². The maximum atomic E-state index is 11.0. The molecule has 1 saturated heterocycles. The van der Waals surface area contributed by atoms with Gasteiger partial charge in [0.15, 0.2) is 0 Å². The summed E-state index contributed by atoms with van der Waals surface area (Å²) in [5.41, 5.74) is 0.988. The molecule has 1 aliphatic rings. The van der Waals surface area contributed by atoms with Crippen molar-refractivity contribution in [3.05, 3.63) is 20.7 Å². The van der Waals surface area contributed by atoms with Crippen LogP contribution < -0.4 is 10.2 Å². The highest BCUT2D eigenvalue weighted by Gasteiger charge is 2.31. The molecule has 2 heterocycles. The highest BCUT2D eigenvalue weighted by Crippen LogP contribution is 2.27. The zero-order chi connectivity index (χ0) is 12.3. The summed E-state index contributed by atoms with van der Waals surface area (Å²) in [6, 6.07) is 0.483. The molecule has 0 saturated carbocycles. The SMILES string of the molecule is CCC1(C)CC(NCc2csc(=O)[nH]2)CCO1. The van der Waals surface area contributed by atoms with E-state index in [9.17, 15) is 4.79 Å². The highest BCUT2D eigenvalue weighted by atomic mass is 32.1. The minimum Gasteiger partial charge on any atom is -0.375 e. The van der Waals surface area contributed by atoms with Crippen molar-refractivity contribution in [2.75, 3.05) is 6.61 Å². The van der Waals surface area contributed by atoms with E-state index in [0.29, 0.717) is 6.04 Å². The first-order valence-corrected chi connectivity index (χ1v) is 7.03. The van der Waals surface area contributed by atoms with Crippen LogP contribution in [-0.2, 0) is 11.3 Å². The second kappa shape index (κ2) is 5.33. The molecule has 2 unspecified atom stereocenters. The van der Waals surface area contributed by atoms with Gasteiger partial charge in [0, 0.05) is 30.3 Å². The van der Waals surface area contributed by atoms with Crippen molar-refractivity contribution in [3.8, 4) is 0 Å². The predicted octanol–water partition coefficient (Wildman–Crippen LogP) is 1.87. The Hall–Kier alpha value is -0.650. The lowest BCUT2D eigenvalue weighted by atomic mass is 9.90. The first-order valence-electron chi connectivity index (χ1n) is 6.15. The number of aromatic amines is 1. The summed E-state index contributed by atoms with van der Waals surface area (Å²) in [6.45, 7) is 5.90. The Morgan fingerprint density at radius 3 is 3.18 bits per heavy atom. The Morgan fingerprint density at radius 1 is 1.71 bits per heavy atom. The number of ether oxygens (including phenoxy) is 1. The monoisotopic (exact) mass is 256 g/mol. The lowest BCUT2D eigenvalue weighted by molar-refractivity contribution is -0.0781. The minimum atomic E-state index is 0.0119. The number of rotatable bonds is 4. The molecule has 1 aromatic heterocycles. The van der Waals surface area contributed by atoms with Crippen LogP contribution >= 0.6 is 11.3 Å². The Morgan fingerprint density at radius 2 is 2.53 bits per heavy atom. The van der Waals surface area contributed by atoms with Crippen molar-refractivity contribution < 1.29 is 4.74 Å². The largest absolute Gasteiger partial charge is 0.375 e. The van der Waals surface area contributed by atoms with Crippen LogP contribution in [-0.4, -0.2) is 23.2 Å². The van der Waals surface area contributed by atoms with Gasteiger partial charge < -0.3 is 15.0 Å². The number of thiazole rings is 1. The lowest BCUT2D eigenvalue weighted by Gasteiger charge is -2.38. The normalized spacial score (nSPS) is 29.4. The topological polar surface area (TPSA) is 54.1 Å². The molecule has 2 atom stereocenters. The van der Waals surface area contributed by atoms with Gasteiger partial charge in [-0.3, -0.25) is 4.79 Å². The predicted molar refractivity (Wildman–Crippen MR) is 69.4 cm³/mol. The maximum Gasteiger partial charge on any atom is 0.304 e. The quantitative estimate of drug-likeness (QED) is 0.864. The van der Waals surface area contributed by atoms with Gasteiger partial charge in [-0.25, -0.2) is 0 Å². The molecular weight excluding hydrogens is 236 g/mol. The summed E-state index contributed by atoms with van der Waals surface area (Å²) in [7, 11) is 0. The van der Waals surface area contributed by atoms with E-state index in [1.54, 1.807) is 0 Å². The Labute approximate surface area is 105 Å². The van der Waals surface area contributed by atoms with Crippen LogP contribution in [0.4, 0.5) is 0 Å². The van der Waals surface area contributed by atoms with E-state index in [-0.39, 0.29) is 10.5 Å². The highest BCUT2D eigenvalue weighted by molar-refractivity contribution is 7.07. The summed E-state index contributed by atoms with van der Waals surface area (Å²) in [6.07, 6.45) is 3.13. The summed E-state index contributed by atoms with van der Waals surface area (Å²) < 4.78 is 5.81. The smallest absolute Gasteiger partial charge is 0.304 e. The third-order valence-electron chi connectivity index (χ3n) is 3.49. The van der Waals surface area contributed by atoms with Crippen molar-refractivity contribution in [2.24, 2.45) is 0 Å². The van der Waals surface area contributed by atoms with Gasteiger partial charge in [-0.05, 0) is 26.2 Å². The lowest BCUT2D eigenvalue weighted by Crippen LogP contribution is -2.44. The fourth-order valence-corrected chi connectivity index (χ4v) is 2.79. The molecule has 2 rings (SSSR count). The molecule has 2 N–H and O–H groups in total. The second-order valence-electron chi connectivity index (χ2n) is 4.90. The molecule has 0 radical (unpaired) electrons. The zero-order valence-corrected chi connectivity index (χ0v) is 11.2. The standard InChI is InChI=1S/C12H20N2O2S/c1-3-12(2)6-9(4-5-16-12)13-7-10-8-17-11(15)14-10/h8-9,13H,3-7H2,1-2H3,(H,14,15). The van der Waals surface area contributed by atoms with E-state index in [1.165, 1.54) is 11.3 Å². The van der Waals surface area contributed by atoms with Crippen LogP contribution in [0.2, 0.25) is 0 Å². The second-order valence-corrected chi connectivity index (χ2v) is 5.74. The first kappa shape index (κ1) is 12.8. The Bertz CT molecular complexity index is 415. The molecule has 17 heavy (non-hydrogen) atoms. The molecule has 96 valence electrons. The van der Waals surface area contributed by atoms with Gasteiger partial charge in [-0.2, -0.15) is 0 Å². The number of H-pyrrole nitrogens is 1. The zero-order valence-electron chi connectivity index (χ0n) is 10.4. The van der Waals surface area contributed by atoms with Crippen LogP contribution in [0, 0.1) is 0 Å². The molecule has 0 amide bonds. The van der Waals surface area contributed by atoms with Gasteiger partial charge in [0.2, 0.25) is 0 Å². The fraction of sp³-hybridized carbons (Fsp3) is 0.750. The summed E-state index contributed by atoms with van der Waals surface area (Å²) in [5, 5.41) is 5.38. The molecule has 0 aromatic carbocycles. The molecule has 0 bridgehead atoms. The number of hydrogen-bond donors (Lipinski definition) is 2. The van der Waals surface area contributed by atoms with E-state index < -0.39 is 0 Å². The number of aromatic nitrogens is 1. The average molecular weight is 256 g/mol. The Kier molecular flexibility index (Phi) is 4.01. The van der Waals surface area contributed by atoms with Crippen molar-refractivity contribution in [2.45, 2.75) is 51.3 Å². The number of hydrogen-bond acceptors (Lipinski definition) is 4. The van der Waals surface area contributed by atoms with Crippen LogP contribution in [0.25, 0.3) is 0 Å². The van der Waals surface area contributed by atoms with Crippen LogP contribution in [0.15, 0.2) is 10.2 Å². The third-order valence-corrected chi connectivity index (χ3v) is 4.21. The molecule has 4 nitrogen and oxygen atoms in total. The van der Waals surface area contributed by atoms with Gasteiger partial charge in [0.05, 0.1) is 5.60 Å². The fourth-order valence-electron chi connectivity index (χ4n) is 2.21. The van der Waals surface area contributed by atoms with E-state index >= 15 is 0 Å². The van der Waals surface area contributed by atoms with Crippen LogP contribution in [0.5, 0.6) is 0 Å². The van der Waals surface area contributed by atoms with Crippen molar-refractivity contribution in [1.29, 1.82) is 0 Å². The van der Waals surface area contributed by atoms with Crippen molar-refractivity contribution in [3.63, 3.8) is 0 Å². The molecule has 0 aliphatic carbocycles.